The fourth-order valence-corrected chi connectivity index (χ4v) is 5.60. The fraction of sp³-hybridized carbons (Fsp3) is 0.250. The van der Waals surface area contributed by atoms with Gasteiger partial charge in [0.15, 0.2) is 11.5 Å². The van der Waals surface area contributed by atoms with Crippen molar-refractivity contribution in [3.63, 3.8) is 0 Å². The van der Waals surface area contributed by atoms with Gasteiger partial charge in [-0.15, -0.1) is 0 Å². The quantitative estimate of drug-likeness (QED) is 0.170. The van der Waals surface area contributed by atoms with Gasteiger partial charge in [-0.05, 0) is 72.0 Å². The third kappa shape index (κ3) is 7.71. The van der Waals surface area contributed by atoms with Crippen molar-refractivity contribution in [3.8, 4) is 11.5 Å². The van der Waals surface area contributed by atoms with Gasteiger partial charge in [0.25, 0.3) is 5.91 Å². The van der Waals surface area contributed by atoms with E-state index in [0.717, 1.165) is 21.9 Å². The lowest BCUT2D eigenvalue weighted by Gasteiger charge is -2.20. The molecule has 4 aromatic carbocycles. The van der Waals surface area contributed by atoms with E-state index in [1.54, 1.807) is 44.2 Å². The van der Waals surface area contributed by atoms with E-state index in [-0.39, 0.29) is 10.8 Å². The summed E-state index contributed by atoms with van der Waals surface area (Å²) in [6, 6.07) is 25.1. The Bertz CT molecular complexity index is 1630. The first-order chi connectivity index (χ1) is 19.7. The molecule has 0 radical (unpaired) electrons. The Labute approximate surface area is 241 Å². The Morgan fingerprint density at radius 2 is 1.66 bits per heavy atom. The highest BCUT2D eigenvalue weighted by Crippen LogP contribution is 2.30. The summed E-state index contributed by atoms with van der Waals surface area (Å²) < 4.78 is 40.1. The lowest BCUT2D eigenvalue weighted by Crippen LogP contribution is -2.48. The van der Waals surface area contributed by atoms with Crippen molar-refractivity contribution in [1.82, 2.24) is 10.1 Å². The maximum Gasteiger partial charge on any atom is 0.258 e. The predicted molar refractivity (Wildman–Crippen MR) is 162 cm³/mol. The molecule has 0 bridgehead atoms. The molecule has 0 unspecified atom stereocenters. The van der Waals surface area contributed by atoms with E-state index >= 15 is 0 Å². The van der Waals surface area contributed by atoms with Crippen molar-refractivity contribution in [3.05, 3.63) is 102 Å². The molecule has 0 heterocycles. The Hall–Kier alpha value is -4.21. The standard InChI is InChI=1S/C32H35N3O5S/c1-5-39-30-19-24(15-18-29(30)40-21-26-11-8-10-25-9-6-7-12-28(25)26)20-33-34-32(36)31(22(2)3)35-41(37,38)27-16-13-23(4)14-17-27/h6-20,22,31,35H,5,21H2,1-4H3,(H,34,36)/b33-20-/t31-/m1/s1. The second-order valence-electron chi connectivity index (χ2n) is 9.96. The molecule has 0 fully saturated rings. The maximum absolute atomic E-state index is 12.9. The topological polar surface area (TPSA) is 106 Å². The molecule has 1 atom stereocenters. The summed E-state index contributed by atoms with van der Waals surface area (Å²) in [6.07, 6.45) is 1.47. The van der Waals surface area contributed by atoms with Crippen LogP contribution in [-0.4, -0.2) is 33.2 Å². The molecule has 4 aromatic rings. The monoisotopic (exact) mass is 573 g/mol. The summed E-state index contributed by atoms with van der Waals surface area (Å²) in [5.74, 6) is 0.264. The molecule has 9 heteroatoms. The minimum Gasteiger partial charge on any atom is -0.490 e. The normalized spacial score (nSPS) is 12.5. The van der Waals surface area contributed by atoms with Crippen molar-refractivity contribution in [2.75, 3.05) is 6.61 Å². The highest BCUT2D eigenvalue weighted by atomic mass is 32.2. The number of hydrogen-bond donors (Lipinski definition) is 2. The number of carbonyl (C=O) groups is 1. The number of nitrogens with zero attached hydrogens (tertiary/aromatic N) is 1. The fourth-order valence-electron chi connectivity index (χ4n) is 4.25. The van der Waals surface area contributed by atoms with Crippen molar-refractivity contribution in [1.29, 1.82) is 0 Å². The molecular formula is C32H35N3O5S. The van der Waals surface area contributed by atoms with Gasteiger partial charge in [-0.1, -0.05) is 74.0 Å². The van der Waals surface area contributed by atoms with E-state index in [9.17, 15) is 13.2 Å². The molecular weight excluding hydrogens is 538 g/mol. The lowest BCUT2D eigenvalue weighted by atomic mass is 10.1. The van der Waals surface area contributed by atoms with Gasteiger partial charge < -0.3 is 9.47 Å². The molecule has 0 aliphatic heterocycles. The molecule has 8 nitrogen and oxygen atoms in total. The first kappa shape index (κ1) is 29.8. The van der Waals surface area contributed by atoms with E-state index in [1.807, 2.05) is 38.1 Å². The van der Waals surface area contributed by atoms with E-state index in [2.05, 4.69) is 33.4 Å². The largest absolute Gasteiger partial charge is 0.490 e. The smallest absolute Gasteiger partial charge is 0.258 e. The number of hydrogen-bond acceptors (Lipinski definition) is 6. The molecule has 0 aliphatic rings. The van der Waals surface area contributed by atoms with E-state index in [0.29, 0.717) is 30.3 Å². The van der Waals surface area contributed by atoms with Crippen LogP contribution in [0.4, 0.5) is 0 Å². The number of aryl methyl sites for hydroxylation is 1. The summed E-state index contributed by atoms with van der Waals surface area (Å²) in [5.41, 5.74) is 5.14. The highest BCUT2D eigenvalue weighted by Gasteiger charge is 2.28. The van der Waals surface area contributed by atoms with Crippen LogP contribution in [0.15, 0.2) is 94.9 Å². The van der Waals surface area contributed by atoms with Crippen LogP contribution in [0.25, 0.3) is 10.8 Å². The molecule has 0 aliphatic carbocycles. The van der Waals surface area contributed by atoms with Crippen LogP contribution in [0, 0.1) is 12.8 Å². The van der Waals surface area contributed by atoms with Crippen LogP contribution in [-0.2, 0) is 21.4 Å². The van der Waals surface area contributed by atoms with Gasteiger partial charge in [-0.3, -0.25) is 4.79 Å². The Morgan fingerprint density at radius 1 is 0.927 bits per heavy atom. The van der Waals surface area contributed by atoms with Gasteiger partial charge in [0.05, 0.1) is 17.7 Å². The molecule has 1 amide bonds. The summed E-state index contributed by atoms with van der Waals surface area (Å²) >= 11 is 0. The van der Waals surface area contributed by atoms with E-state index in [4.69, 9.17) is 9.47 Å². The number of hydrazone groups is 1. The van der Waals surface area contributed by atoms with Crippen LogP contribution in [0.3, 0.4) is 0 Å². The number of amides is 1. The van der Waals surface area contributed by atoms with Crippen LogP contribution in [0.5, 0.6) is 11.5 Å². The summed E-state index contributed by atoms with van der Waals surface area (Å²) in [4.78, 5) is 13.0. The molecule has 0 saturated heterocycles. The number of benzene rings is 4. The summed E-state index contributed by atoms with van der Waals surface area (Å²) in [5, 5.41) is 6.34. The van der Waals surface area contributed by atoms with Crippen LogP contribution in [0.2, 0.25) is 0 Å². The van der Waals surface area contributed by atoms with Gasteiger partial charge in [0.1, 0.15) is 12.6 Å². The third-order valence-corrected chi connectivity index (χ3v) is 7.94. The van der Waals surface area contributed by atoms with Gasteiger partial charge in [0.2, 0.25) is 10.0 Å². The Morgan fingerprint density at radius 3 is 2.39 bits per heavy atom. The second kappa shape index (κ2) is 13.4. The zero-order valence-corrected chi connectivity index (χ0v) is 24.4. The summed E-state index contributed by atoms with van der Waals surface area (Å²) in [6.45, 7) is 8.10. The molecule has 0 spiro atoms. The lowest BCUT2D eigenvalue weighted by molar-refractivity contribution is -0.123. The minimum atomic E-state index is -3.89. The highest BCUT2D eigenvalue weighted by molar-refractivity contribution is 7.89. The molecule has 41 heavy (non-hydrogen) atoms. The van der Waals surface area contributed by atoms with Crippen LogP contribution >= 0.6 is 0 Å². The van der Waals surface area contributed by atoms with Gasteiger partial charge in [-0.2, -0.15) is 9.82 Å². The number of rotatable bonds is 12. The van der Waals surface area contributed by atoms with Crippen molar-refractivity contribution in [2.45, 2.75) is 45.2 Å². The number of nitrogens with one attached hydrogen (secondary N) is 2. The average Bonchev–Trinajstić information content (AvgIpc) is 2.95. The zero-order valence-electron chi connectivity index (χ0n) is 23.6. The number of sulfonamides is 1. The Balaban J connectivity index is 1.43. The zero-order chi connectivity index (χ0) is 29.4. The first-order valence-electron chi connectivity index (χ1n) is 13.5. The van der Waals surface area contributed by atoms with Crippen molar-refractivity contribution >= 4 is 32.9 Å². The predicted octanol–water partition coefficient (Wildman–Crippen LogP) is 5.58. The van der Waals surface area contributed by atoms with E-state index in [1.165, 1.54) is 18.3 Å². The first-order valence-corrected chi connectivity index (χ1v) is 14.9. The molecule has 2 N–H and O–H groups in total. The average molecular weight is 574 g/mol. The molecule has 0 aromatic heterocycles. The molecule has 214 valence electrons. The third-order valence-electron chi connectivity index (χ3n) is 6.48. The molecule has 4 rings (SSSR count). The maximum atomic E-state index is 12.9. The Kier molecular flexibility index (Phi) is 9.75. The number of carbonyl (C=O) groups excluding carboxylic acids is 1. The molecule has 0 saturated carbocycles. The van der Waals surface area contributed by atoms with Crippen LogP contribution in [0.1, 0.15) is 37.5 Å². The van der Waals surface area contributed by atoms with Gasteiger partial charge in [-0.25, -0.2) is 13.8 Å². The SMILES string of the molecule is CCOc1cc(/C=N\NC(=O)[C@H](NS(=O)(=O)c2ccc(C)cc2)C(C)C)ccc1OCc1cccc2ccccc12. The van der Waals surface area contributed by atoms with Crippen molar-refractivity contribution in [2.24, 2.45) is 11.0 Å². The van der Waals surface area contributed by atoms with Gasteiger partial charge in [0, 0.05) is 0 Å². The minimum absolute atomic E-state index is 0.0938. The van der Waals surface area contributed by atoms with E-state index < -0.39 is 22.0 Å². The van der Waals surface area contributed by atoms with Crippen LogP contribution < -0.4 is 19.6 Å². The van der Waals surface area contributed by atoms with Gasteiger partial charge >= 0.3 is 0 Å². The van der Waals surface area contributed by atoms with Crippen molar-refractivity contribution < 1.29 is 22.7 Å². The number of ether oxygens (including phenoxy) is 2. The number of fused-ring (bicyclic) bond motifs is 1. The summed E-state index contributed by atoms with van der Waals surface area (Å²) in [7, 11) is -3.89. The second-order valence-corrected chi connectivity index (χ2v) is 11.7.